The van der Waals surface area contributed by atoms with Gasteiger partial charge in [0.05, 0.1) is 6.54 Å². The summed E-state index contributed by atoms with van der Waals surface area (Å²) < 4.78 is 24.6. The normalized spacial score (nSPS) is 11.4. The van der Waals surface area contributed by atoms with Gasteiger partial charge in [-0.15, -0.1) is 6.58 Å². The van der Waals surface area contributed by atoms with Gasteiger partial charge in [-0.25, -0.2) is 8.78 Å². The Hall–Kier alpha value is -0.440. The summed E-state index contributed by atoms with van der Waals surface area (Å²) in [5.41, 5.74) is 0. The van der Waals surface area contributed by atoms with Crippen molar-refractivity contribution in [1.82, 2.24) is 5.32 Å². The maximum Gasteiger partial charge on any atom is 0.263 e. The molecule has 0 saturated heterocycles. The van der Waals surface area contributed by atoms with Gasteiger partial charge >= 0.3 is 0 Å². The predicted octanol–water partition coefficient (Wildman–Crippen LogP) is 1.42. The minimum Gasteiger partial charge on any atom is -0.314 e. The molecule has 0 aliphatic heterocycles. The van der Waals surface area contributed by atoms with Crippen LogP contribution in [0.1, 0.15) is 6.42 Å². The van der Waals surface area contributed by atoms with Gasteiger partial charge in [-0.2, -0.15) is 0 Å². The van der Waals surface area contributed by atoms with E-state index < -0.39 is 5.92 Å². The van der Waals surface area contributed by atoms with Crippen LogP contribution >= 0.6 is 0 Å². The molecule has 1 N–H and O–H groups in total. The van der Waals surface area contributed by atoms with E-state index in [9.17, 15) is 8.78 Å². The van der Waals surface area contributed by atoms with Crippen molar-refractivity contribution < 1.29 is 8.78 Å². The number of rotatable bonds is 4. The first kappa shape index (κ1) is 8.56. The molecule has 0 aromatic rings. The standard InChI is InChI=1S/C6H11F2N/c1-3-4-6(7,8)5-9-2/h3,9H,1,4-5H2,2H3. The zero-order chi connectivity index (χ0) is 7.33. The highest BCUT2D eigenvalue weighted by atomic mass is 19.3. The molecule has 0 heterocycles. The third-order valence-electron chi connectivity index (χ3n) is 0.878. The van der Waals surface area contributed by atoms with Gasteiger partial charge in [0.2, 0.25) is 0 Å². The molecule has 9 heavy (non-hydrogen) atoms. The summed E-state index contributed by atoms with van der Waals surface area (Å²) in [5.74, 6) is -2.63. The molecular formula is C6H11F2N. The fourth-order valence-electron chi connectivity index (χ4n) is 0.542. The van der Waals surface area contributed by atoms with Crippen molar-refractivity contribution in [3.63, 3.8) is 0 Å². The van der Waals surface area contributed by atoms with Crippen molar-refractivity contribution in [2.24, 2.45) is 0 Å². The lowest BCUT2D eigenvalue weighted by atomic mass is 10.2. The molecule has 1 nitrogen and oxygen atoms in total. The molecule has 0 saturated carbocycles. The molecule has 0 amide bonds. The van der Waals surface area contributed by atoms with E-state index in [1.165, 1.54) is 13.1 Å². The van der Waals surface area contributed by atoms with Gasteiger partial charge in [0, 0.05) is 6.42 Å². The van der Waals surface area contributed by atoms with Crippen molar-refractivity contribution in [1.29, 1.82) is 0 Å². The van der Waals surface area contributed by atoms with Crippen molar-refractivity contribution in [2.75, 3.05) is 13.6 Å². The second-order valence-corrected chi connectivity index (χ2v) is 1.88. The average molecular weight is 135 g/mol. The van der Waals surface area contributed by atoms with Gasteiger partial charge in [-0.05, 0) is 7.05 Å². The van der Waals surface area contributed by atoms with Crippen LogP contribution < -0.4 is 5.32 Å². The summed E-state index contributed by atoms with van der Waals surface area (Å²) >= 11 is 0. The van der Waals surface area contributed by atoms with Gasteiger partial charge < -0.3 is 5.32 Å². The first-order valence-electron chi connectivity index (χ1n) is 2.76. The second kappa shape index (κ2) is 3.56. The van der Waals surface area contributed by atoms with Crippen molar-refractivity contribution >= 4 is 0 Å². The second-order valence-electron chi connectivity index (χ2n) is 1.88. The highest BCUT2D eigenvalue weighted by Crippen LogP contribution is 2.16. The molecule has 0 unspecified atom stereocenters. The summed E-state index contributed by atoms with van der Waals surface area (Å²) in [6.45, 7) is 2.94. The van der Waals surface area contributed by atoms with E-state index in [1.807, 2.05) is 0 Å². The minimum atomic E-state index is -2.63. The number of halogens is 2. The maximum atomic E-state index is 12.3. The fourth-order valence-corrected chi connectivity index (χ4v) is 0.542. The molecular weight excluding hydrogens is 124 g/mol. The van der Waals surface area contributed by atoms with Crippen LogP contribution in [-0.2, 0) is 0 Å². The highest BCUT2D eigenvalue weighted by molar-refractivity contribution is 4.79. The molecule has 0 aliphatic carbocycles. The molecule has 0 radical (unpaired) electrons. The SMILES string of the molecule is C=CCC(F)(F)CNC. The summed E-state index contributed by atoms with van der Waals surface area (Å²) in [4.78, 5) is 0. The van der Waals surface area contributed by atoms with Gasteiger partial charge in [0.25, 0.3) is 5.92 Å². The smallest absolute Gasteiger partial charge is 0.263 e. The lowest BCUT2D eigenvalue weighted by molar-refractivity contribution is 0.00734. The lowest BCUT2D eigenvalue weighted by Gasteiger charge is -2.12. The van der Waals surface area contributed by atoms with Gasteiger partial charge in [0.15, 0.2) is 0 Å². The van der Waals surface area contributed by atoms with Crippen molar-refractivity contribution in [3.05, 3.63) is 12.7 Å². The fraction of sp³-hybridized carbons (Fsp3) is 0.667. The zero-order valence-corrected chi connectivity index (χ0v) is 5.45. The highest BCUT2D eigenvalue weighted by Gasteiger charge is 2.24. The van der Waals surface area contributed by atoms with Crippen molar-refractivity contribution in [3.8, 4) is 0 Å². The molecule has 0 aromatic carbocycles. The molecule has 3 heteroatoms. The summed E-state index contributed by atoms with van der Waals surface area (Å²) in [7, 11) is 1.50. The Morgan fingerprint density at radius 2 is 2.22 bits per heavy atom. The van der Waals surface area contributed by atoms with Crippen LogP contribution in [0.15, 0.2) is 12.7 Å². The topological polar surface area (TPSA) is 12.0 Å². The zero-order valence-electron chi connectivity index (χ0n) is 5.45. The van der Waals surface area contributed by atoms with E-state index in [-0.39, 0.29) is 13.0 Å². The first-order valence-corrected chi connectivity index (χ1v) is 2.76. The van der Waals surface area contributed by atoms with Crippen molar-refractivity contribution in [2.45, 2.75) is 12.3 Å². The Morgan fingerprint density at radius 1 is 1.67 bits per heavy atom. The largest absolute Gasteiger partial charge is 0.314 e. The van der Waals surface area contributed by atoms with E-state index in [0.29, 0.717) is 0 Å². The van der Waals surface area contributed by atoms with E-state index in [0.717, 1.165) is 0 Å². The lowest BCUT2D eigenvalue weighted by Crippen LogP contribution is -2.29. The summed E-state index contributed by atoms with van der Waals surface area (Å²) in [5, 5.41) is 2.40. The van der Waals surface area contributed by atoms with Crippen LogP contribution in [0.25, 0.3) is 0 Å². The third kappa shape index (κ3) is 4.09. The Bertz CT molecular complexity index is 91.1. The summed E-state index contributed by atoms with van der Waals surface area (Å²) in [6.07, 6.45) is 0.963. The van der Waals surface area contributed by atoms with Crippen LogP contribution in [-0.4, -0.2) is 19.5 Å². The van der Waals surface area contributed by atoms with Crippen LogP contribution in [0.2, 0.25) is 0 Å². The average Bonchev–Trinajstić information content (AvgIpc) is 1.64. The molecule has 0 rings (SSSR count). The number of alkyl halides is 2. The minimum absolute atomic E-state index is 0.256. The molecule has 0 bridgehead atoms. The number of nitrogens with one attached hydrogen (secondary N) is 1. The Morgan fingerprint density at radius 3 is 2.56 bits per heavy atom. The van der Waals surface area contributed by atoms with E-state index in [2.05, 4.69) is 11.9 Å². The first-order chi connectivity index (χ1) is 4.12. The Kier molecular flexibility index (Phi) is 3.39. The molecule has 54 valence electrons. The molecule has 0 spiro atoms. The molecule has 0 atom stereocenters. The van der Waals surface area contributed by atoms with Gasteiger partial charge in [0.1, 0.15) is 0 Å². The monoisotopic (exact) mass is 135 g/mol. The Balaban J connectivity index is 3.55. The Labute approximate surface area is 53.8 Å². The number of allylic oxidation sites excluding steroid dienone is 1. The van der Waals surface area contributed by atoms with Crippen LogP contribution in [0.5, 0.6) is 0 Å². The molecule has 0 aromatic heterocycles. The van der Waals surface area contributed by atoms with E-state index in [4.69, 9.17) is 0 Å². The van der Waals surface area contributed by atoms with E-state index >= 15 is 0 Å². The van der Waals surface area contributed by atoms with Crippen LogP contribution in [0, 0.1) is 0 Å². The molecule has 0 aliphatic rings. The van der Waals surface area contributed by atoms with Crippen LogP contribution in [0.4, 0.5) is 8.78 Å². The number of hydrogen-bond donors (Lipinski definition) is 1. The predicted molar refractivity (Wildman–Crippen MR) is 33.7 cm³/mol. The third-order valence-corrected chi connectivity index (χ3v) is 0.878. The summed E-state index contributed by atoms with van der Waals surface area (Å²) in [6, 6.07) is 0. The quantitative estimate of drug-likeness (QED) is 0.575. The van der Waals surface area contributed by atoms with Crippen LogP contribution in [0.3, 0.4) is 0 Å². The van der Waals surface area contributed by atoms with Gasteiger partial charge in [-0.3, -0.25) is 0 Å². The molecule has 0 fully saturated rings. The van der Waals surface area contributed by atoms with E-state index in [1.54, 1.807) is 0 Å². The van der Waals surface area contributed by atoms with Gasteiger partial charge in [-0.1, -0.05) is 6.08 Å². The maximum absolute atomic E-state index is 12.3. The number of hydrogen-bond acceptors (Lipinski definition) is 1.